The minimum atomic E-state index is -0.710. The Balaban J connectivity index is 1.83. The first-order valence-corrected chi connectivity index (χ1v) is 8.60. The van der Waals surface area contributed by atoms with Crippen molar-refractivity contribution in [3.63, 3.8) is 0 Å². The number of nitrogens with zero attached hydrogens (tertiary/aromatic N) is 3. The third kappa shape index (κ3) is 5.86. The Bertz CT molecular complexity index is 690. The van der Waals surface area contributed by atoms with E-state index in [1.165, 1.54) is 36.0 Å². The minimum Gasteiger partial charge on any atom is -0.443 e. The molecule has 8 nitrogen and oxygen atoms in total. The van der Waals surface area contributed by atoms with Crippen molar-refractivity contribution in [1.29, 1.82) is 0 Å². The van der Waals surface area contributed by atoms with Gasteiger partial charge in [0.25, 0.3) is 5.69 Å². The molecule has 9 heteroatoms. The average Bonchev–Trinajstić information content (AvgIpc) is 3.01. The van der Waals surface area contributed by atoms with Gasteiger partial charge in [0.15, 0.2) is 5.12 Å². The van der Waals surface area contributed by atoms with Crippen molar-refractivity contribution < 1.29 is 19.2 Å². The molecular formula is C16H19N3O5S. The maximum atomic E-state index is 11.8. The molecule has 0 aliphatic carbocycles. The zero-order chi connectivity index (χ0) is 18.4. The fourth-order valence-corrected chi connectivity index (χ4v) is 3.39. The normalized spacial score (nSPS) is 17.4. The third-order valence-corrected chi connectivity index (χ3v) is 4.75. The first kappa shape index (κ1) is 18.9. The summed E-state index contributed by atoms with van der Waals surface area (Å²) in [6, 6.07) is 5.78. The van der Waals surface area contributed by atoms with Crippen LogP contribution in [0.2, 0.25) is 0 Å². The van der Waals surface area contributed by atoms with Gasteiger partial charge in [0, 0.05) is 37.4 Å². The summed E-state index contributed by atoms with van der Waals surface area (Å²) < 4.78 is 5.07. The van der Waals surface area contributed by atoms with E-state index in [9.17, 15) is 19.7 Å². The van der Waals surface area contributed by atoms with E-state index in [1.54, 1.807) is 13.8 Å². The van der Waals surface area contributed by atoms with Crippen LogP contribution in [0.5, 0.6) is 0 Å². The molecule has 1 saturated heterocycles. The number of non-ortho nitro benzene ring substituents is 1. The number of nitro groups is 1. The highest BCUT2D eigenvalue weighted by molar-refractivity contribution is 8.14. The molecule has 0 radical (unpaired) electrons. The van der Waals surface area contributed by atoms with E-state index < -0.39 is 11.0 Å². The maximum absolute atomic E-state index is 11.8. The number of rotatable bonds is 4. The van der Waals surface area contributed by atoms with Crippen LogP contribution in [0, 0.1) is 10.1 Å². The Morgan fingerprint density at radius 2 is 2.04 bits per heavy atom. The van der Waals surface area contributed by atoms with Crippen molar-refractivity contribution in [2.24, 2.45) is 4.99 Å². The topological polar surface area (TPSA) is 102 Å². The number of thioether (sulfide) groups is 1. The molecule has 1 aromatic carbocycles. The second-order valence-corrected chi connectivity index (χ2v) is 7.08. The Morgan fingerprint density at radius 1 is 1.36 bits per heavy atom. The molecule has 1 amide bonds. The van der Waals surface area contributed by atoms with Gasteiger partial charge < -0.3 is 9.64 Å². The number of ether oxygens (including phenoxy) is 1. The first-order valence-electron chi connectivity index (χ1n) is 7.72. The van der Waals surface area contributed by atoms with Gasteiger partial charge in [-0.05, 0) is 31.0 Å². The molecule has 0 saturated carbocycles. The number of nitro benzene ring substituents is 1. The number of amides is 1. The predicted molar refractivity (Wildman–Crippen MR) is 94.6 cm³/mol. The van der Waals surface area contributed by atoms with Gasteiger partial charge in [0.2, 0.25) is 0 Å². The van der Waals surface area contributed by atoms with Crippen LogP contribution in [0.4, 0.5) is 10.5 Å². The number of aliphatic imine (C=N–C) groups is 1. The lowest BCUT2D eigenvalue weighted by atomic mass is 10.2. The Morgan fingerprint density at radius 3 is 2.64 bits per heavy atom. The molecule has 25 heavy (non-hydrogen) atoms. The summed E-state index contributed by atoms with van der Waals surface area (Å²) in [4.78, 5) is 38.9. The fourth-order valence-electron chi connectivity index (χ4n) is 2.45. The molecule has 1 aliphatic rings. The van der Waals surface area contributed by atoms with Crippen LogP contribution in [0.25, 0.3) is 0 Å². The molecule has 1 aromatic rings. The van der Waals surface area contributed by atoms with Gasteiger partial charge in [0.1, 0.15) is 12.4 Å². The summed E-state index contributed by atoms with van der Waals surface area (Å²) in [7, 11) is 0. The molecule has 0 bridgehead atoms. The fraction of sp³-hybridized carbons (Fsp3) is 0.438. The van der Waals surface area contributed by atoms with Crippen LogP contribution in [-0.2, 0) is 16.1 Å². The number of hydrogen-bond acceptors (Lipinski definition) is 6. The van der Waals surface area contributed by atoms with Crippen molar-refractivity contribution in [3.05, 3.63) is 39.9 Å². The van der Waals surface area contributed by atoms with Crippen LogP contribution >= 0.6 is 11.8 Å². The minimum absolute atomic E-state index is 0.00355. The zero-order valence-corrected chi connectivity index (χ0v) is 14.8. The Labute approximate surface area is 149 Å². The van der Waals surface area contributed by atoms with E-state index in [1.807, 2.05) is 4.90 Å². The van der Waals surface area contributed by atoms with Gasteiger partial charge in [-0.15, -0.1) is 0 Å². The lowest BCUT2D eigenvalue weighted by molar-refractivity contribution is -0.384. The Kier molecular flexibility index (Phi) is 6.51. The summed E-state index contributed by atoms with van der Waals surface area (Å²) in [6.45, 7) is 4.69. The molecule has 0 N–H and O–H groups in total. The largest absolute Gasteiger partial charge is 0.443 e. The number of amidine groups is 1. The van der Waals surface area contributed by atoms with Gasteiger partial charge in [-0.2, -0.15) is 4.99 Å². The summed E-state index contributed by atoms with van der Waals surface area (Å²) in [5.74, 6) is 0.556. The highest BCUT2D eigenvalue weighted by Crippen LogP contribution is 2.23. The summed E-state index contributed by atoms with van der Waals surface area (Å²) >= 11 is 1.31. The molecule has 0 aromatic heterocycles. The average molecular weight is 365 g/mol. The van der Waals surface area contributed by atoms with E-state index in [2.05, 4.69) is 4.99 Å². The monoisotopic (exact) mass is 365 g/mol. The second kappa shape index (κ2) is 8.61. The standard InChI is InChI=1S/C16H19N3O5S/c1-11(18-8-7-15(9-18)25-12(2)20)17-16(21)24-10-13-3-5-14(6-4-13)19(22)23/h3-6,15H,7-10H2,1-2H3/t15-/m0/s1. The SMILES string of the molecule is CC(=O)S[C@H]1CCN(C(C)=NC(=O)OCc2ccc([N+](=O)[O-])cc2)C1. The van der Waals surface area contributed by atoms with E-state index in [0.717, 1.165) is 13.0 Å². The van der Waals surface area contributed by atoms with Gasteiger partial charge in [-0.1, -0.05) is 11.8 Å². The van der Waals surface area contributed by atoms with Crippen molar-refractivity contribution >= 4 is 34.5 Å². The Hall–Kier alpha value is -2.42. The summed E-state index contributed by atoms with van der Waals surface area (Å²) in [6.07, 6.45) is 0.160. The lowest BCUT2D eigenvalue weighted by Gasteiger charge is -2.17. The quantitative estimate of drug-likeness (QED) is 0.350. The van der Waals surface area contributed by atoms with Crippen LogP contribution in [-0.4, -0.2) is 45.2 Å². The smallest absolute Gasteiger partial charge is 0.435 e. The molecule has 1 fully saturated rings. The van der Waals surface area contributed by atoms with E-state index in [-0.39, 0.29) is 22.7 Å². The van der Waals surface area contributed by atoms with Gasteiger partial charge in [-0.3, -0.25) is 14.9 Å². The highest BCUT2D eigenvalue weighted by Gasteiger charge is 2.25. The number of benzene rings is 1. The van der Waals surface area contributed by atoms with Crippen molar-refractivity contribution in [2.45, 2.75) is 32.1 Å². The summed E-state index contributed by atoms with van der Waals surface area (Å²) in [5, 5.41) is 10.9. The molecule has 2 rings (SSSR count). The molecule has 0 spiro atoms. The van der Waals surface area contributed by atoms with Crippen LogP contribution < -0.4 is 0 Å². The number of likely N-dealkylation sites (tertiary alicyclic amines) is 1. The molecule has 0 unspecified atom stereocenters. The van der Waals surface area contributed by atoms with Crippen LogP contribution in [0.15, 0.2) is 29.3 Å². The summed E-state index contributed by atoms with van der Waals surface area (Å²) in [5.41, 5.74) is 0.627. The molecule has 1 heterocycles. The van der Waals surface area contributed by atoms with Gasteiger partial charge >= 0.3 is 6.09 Å². The van der Waals surface area contributed by atoms with Crippen LogP contribution in [0.3, 0.4) is 0 Å². The van der Waals surface area contributed by atoms with Gasteiger partial charge in [-0.25, -0.2) is 4.79 Å². The van der Waals surface area contributed by atoms with E-state index >= 15 is 0 Å². The van der Waals surface area contributed by atoms with Crippen LogP contribution in [0.1, 0.15) is 25.8 Å². The molecule has 134 valence electrons. The van der Waals surface area contributed by atoms with E-state index in [4.69, 9.17) is 4.74 Å². The van der Waals surface area contributed by atoms with Crippen molar-refractivity contribution in [2.75, 3.05) is 13.1 Å². The van der Waals surface area contributed by atoms with E-state index in [0.29, 0.717) is 17.9 Å². The maximum Gasteiger partial charge on any atom is 0.435 e. The van der Waals surface area contributed by atoms with Crippen molar-refractivity contribution in [1.82, 2.24) is 4.90 Å². The lowest BCUT2D eigenvalue weighted by Crippen LogP contribution is -2.27. The second-order valence-electron chi connectivity index (χ2n) is 5.60. The first-order chi connectivity index (χ1) is 11.8. The predicted octanol–water partition coefficient (Wildman–Crippen LogP) is 3.00. The third-order valence-electron chi connectivity index (χ3n) is 3.70. The van der Waals surface area contributed by atoms with Crippen molar-refractivity contribution in [3.8, 4) is 0 Å². The molecular weight excluding hydrogens is 346 g/mol. The zero-order valence-electron chi connectivity index (χ0n) is 14.0. The number of carbonyl (C=O) groups is 2. The number of carbonyl (C=O) groups excluding carboxylic acids is 2. The molecule has 1 atom stereocenters. The highest BCUT2D eigenvalue weighted by atomic mass is 32.2. The van der Waals surface area contributed by atoms with Gasteiger partial charge in [0.05, 0.1) is 4.92 Å². The number of hydrogen-bond donors (Lipinski definition) is 0. The molecule has 1 aliphatic heterocycles.